The van der Waals surface area contributed by atoms with Gasteiger partial charge in [-0.15, -0.1) is 0 Å². The van der Waals surface area contributed by atoms with Crippen LogP contribution in [0.1, 0.15) is 29.5 Å². The third-order valence-electron chi connectivity index (χ3n) is 4.64. The van der Waals surface area contributed by atoms with Crippen molar-refractivity contribution in [1.29, 1.82) is 0 Å². The first-order chi connectivity index (χ1) is 12.8. The Labute approximate surface area is 154 Å². The van der Waals surface area contributed by atoms with Gasteiger partial charge in [0.2, 0.25) is 11.8 Å². The van der Waals surface area contributed by atoms with Crippen molar-refractivity contribution in [2.24, 2.45) is 11.5 Å². The summed E-state index contributed by atoms with van der Waals surface area (Å²) in [5, 5.41) is 2.59. The Bertz CT molecular complexity index is 958. The van der Waals surface area contributed by atoms with Gasteiger partial charge in [-0.2, -0.15) is 0 Å². The van der Waals surface area contributed by atoms with E-state index in [2.05, 4.69) is 10.3 Å². The Morgan fingerprint density at radius 3 is 2.52 bits per heavy atom. The molecule has 2 heterocycles. The molecule has 0 radical (unpaired) electrons. The number of hydrogen-bond acceptors (Lipinski definition) is 5. The van der Waals surface area contributed by atoms with Crippen LogP contribution in [0.4, 0.5) is 5.82 Å². The lowest BCUT2D eigenvalue weighted by Gasteiger charge is -2.34. The molecule has 8 heteroatoms. The number of nitrogens with zero attached hydrogens (tertiary/aromatic N) is 1. The molecule has 27 heavy (non-hydrogen) atoms. The van der Waals surface area contributed by atoms with Crippen molar-refractivity contribution < 1.29 is 18.8 Å². The first-order valence-corrected chi connectivity index (χ1v) is 8.13. The third-order valence-corrected chi connectivity index (χ3v) is 4.64. The fourth-order valence-corrected chi connectivity index (χ4v) is 3.08. The summed E-state index contributed by atoms with van der Waals surface area (Å²) in [7, 11) is 0. The van der Waals surface area contributed by atoms with Crippen LogP contribution in [0.3, 0.4) is 0 Å². The molecule has 0 spiro atoms. The molecule has 2 aromatic heterocycles. The molecule has 0 bridgehead atoms. The Kier molecular flexibility index (Phi) is 4.64. The van der Waals surface area contributed by atoms with Crippen LogP contribution in [0, 0.1) is 0 Å². The predicted molar refractivity (Wildman–Crippen MR) is 97.4 cm³/mol. The van der Waals surface area contributed by atoms with E-state index in [1.165, 1.54) is 18.5 Å². The van der Waals surface area contributed by atoms with Crippen LogP contribution < -0.4 is 16.8 Å². The van der Waals surface area contributed by atoms with Crippen molar-refractivity contribution in [3.8, 4) is 0 Å². The van der Waals surface area contributed by atoms with Crippen molar-refractivity contribution in [3.05, 3.63) is 71.3 Å². The minimum atomic E-state index is -1.23. The van der Waals surface area contributed by atoms with Crippen LogP contribution in [0.5, 0.6) is 0 Å². The van der Waals surface area contributed by atoms with Crippen molar-refractivity contribution in [3.63, 3.8) is 0 Å². The van der Waals surface area contributed by atoms with E-state index in [1.807, 2.05) is 0 Å². The molecule has 0 saturated heterocycles. The highest BCUT2D eigenvalue weighted by molar-refractivity contribution is 6.01. The number of furan rings is 1. The number of nitrogens with one attached hydrogen (secondary N) is 1. The first-order valence-electron chi connectivity index (χ1n) is 8.13. The van der Waals surface area contributed by atoms with Gasteiger partial charge in [0.05, 0.1) is 6.26 Å². The molecule has 1 atom stereocenters. The quantitative estimate of drug-likeness (QED) is 0.733. The molecule has 0 aliphatic heterocycles. The molecule has 3 rings (SSSR count). The van der Waals surface area contributed by atoms with E-state index in [9.17, 15) is 14.4 Å². The van der Waals surface area contributed by atoms with Gasteiger partial charge in [-0.1, -0.05) is 23.8 Å². The highest BCUT2D eigenvalue weighted by Gasteiger charge is 2.43. The summed E-state index contributed by atoms with van der Waals surface area (Å²) in [5.41, 5.74) is 11.3. The van der Waals surface area contributed by atoms with Gasteiger partial charge in [0, 0.05) is 18.2 Å². The van der Waals surface area contributed by atoms with E-state index in [0.29, 0.717) is 16.7 Å². The zero-order chi connectivity index (χ0) is 19.6. The van der Waals surface area contributed by atoms with Crippen molar-refractivity contribution >= 4 is 23.5 Å². The minimum absolute atomic E-state index is 0.0553. The van der Waals surface area contributed by atoms with E-state index in [0.717, 1.165) is 0 Å². The molecule has 3 amide bonds. The highest BCUT2D eigenvalue weighted by Crippen LogP contribution is 2.40. The third kappa shape index (κ3) is 3.24. The standard InChI is InChI=1S/C19H18N4O4/c1-11-4-5-12(16(20)24)9-19(11,18(21)26)13-6-7-15(22-10-13)23-17(25)14-3-2-8-27-14/h2-8,10H,9H2,1H3,(H2,20,24)(H2,21,26)(H,22,23,25). The van der Waals surface area contributed by atoms with Gasteiger partial charge in [0.15, 0.2) is 5.76 Å². The Balaban J connectivity index is 1.91. The summed E-state index contributed by atoms with van der Waals surface area (Å²) in [6.45, 7) is 1.76. The number of primary amides is 2. The Morgan fingerprint density at radius 2 is 1.96 bits per heavy atom. The monoisotopic (exact) mass is 366 g/mol. The van der Waals surface area contributed by atoms with E-state index in [4.69, 9.17) is 15.9 Å². The second kappa shape index (κ2) is 6.91. The fourth-order valence-electron chi connectivity index (χ4n) is 3.08. The van der Waals surface area contributed by atoms with Gasteiger partial charge in [-0.25, -0.2) is 4.98 Å². The van der Waals surface area contributed by atoms with E-state index in [1.54, 1.807) is 37.3 Å². The number of pyridine rings is 1. The normalized spacial score (nSPS) is 19.0. The maximum Gasteiger partial charge on any atom is 0.292 e. The molecule has 0 aromatic carbocycles. The molecule has 0 fully saturated rings. The van der Waals surface area contributed by atoms with Gasteiger partial charge >= 0.3 is 0 Å². The van der Waals surface area contributed by atoms with Crippen LogP contribution in [0.25, 0.3) is 0 Å². The van der Waals surface area contributed by atoms with Gasteiger partial charge in [-0.3, -0.25) is 14.4 Å². The summed E-state index contributed by atoms with van der Waals surface area (Å²) in [6.07, 6.45) is 6.14. The topological polar surface area (TPSA) is 141 Å². The van der Waals surface area contributed by atoms with Gasteiger partial charge in [0.1, 0.15) is 11.2 Å². The van der Waals surface area contributed by atoms with Gasteiger partial charge in [-0.05, 0) is 30.7 Å². The highest BCUT2D eigenvalue weighted by atomic mass is 16.3. The first kappa shape index (κ1) is 18.1. The van der Waals surface area contributed by atoms with E-state index >= 15 is 0 Å². The average molecular weight is 366 g/mol. The summed E-state index contributed by atoms with van der Waals surface area (Å²) >= 11 is 0. The van der Waals surface area contributed by atoms with E-state index < -0.39 is 23.1 Å². The molecular formula is C19H18N4O4. The van der Waals surface area contributed by atoms with Crippen LogP contribution >= 0.6 is 0 Å². The van der Waals surface area contributed by atoms with Crippen molar-refractivity contribution in [1.82, 2.24) is 4.98 Å². The van der Waals surface area contributed by atoms with Crippen LogP contribution in [0.2, 0.25) is 0 Å². The molecule has 2 aromatic rings. The number of hydrogen-bond donors (Lipinski definition) is 3. The SMILES string of the molecule is CC1=CC=C(C(N)=O)CC1(C(N)=O)c1ccc(NC(=O)c2ccco2)nc1. The molecule has 8 nitrogen and oxygen atoms in total. The van der Waals surface area contributed by atoms with Gasteiger partial charge in [0.25, 0.3) is 5.91 Å². The van der Waals surface area contributed by atoms with Crippen molar-refractivity contribution in [2.75, 3.05) is 5.32 Å². The summed E-state index contributed by atoms with van der Waals surface area (Å²) < 4.78 is 5.02. The Hall–Kier alpha value is -3.68. The summed E-state index contributed by atoms with van der Waals surface area (Å²) in [6, 6.07) is 6.32. The molecule has 5 N–H and O–H groups in total. The maximum atomic E-state index is 12.4. The zero-order valence-corrected chi connectivity index (χ0v) is 14.6. The largest absolute Gasteiger partial charge is 0.459 e. The van der Waals surface area contributed by atoms with Crippen molar-refractivity contribution in [2.45, 2.75) is 18.8 Å². The minimum Gasteiger partial charge on any atom is -0.459 e. The summed E-state index contributed by atoms with van der Waals surface area (Å²) in [5.74, 6) is -1.24. The maximum absolute atomic E-state index is 12.4. The van der Waals surface area contributed by atoms with Crippen LogP contribution in [0.15, 0.2) is 64.4 Å². The lowest BCUT2D eigenvalue weighted by Crippen LogP contribution is -2.44. The number of anilines is 1. The number of rotatable bonds is 5. The molecule has 0 saturated carbocycles. The van der Waals surface area contributed by atoms with Crippen LogP contribution in [-0.2, 0) is 15.0 Å². The smallest absolute Gasteiger partial charge is 0.292 e. The molecule has 1 unspecified atom stereocenters. The van der Waals surface area contributed by atoms with E-state index in [-0.39, 0.29) is 18.0 Å². The second-order valence-electron chi connectivity index (χ2n) is 6.22. The number of nitrogens with two attached hydrogens (primary N) is 2. The summed E-state index contributed by atoms with van der Waals surface area (Å²) in [4.78, 5) is 40.2. The molecule has 138 valence electrons. The predicted octanol–water partition coefficient (Wildman–Crippen LogP) is 1.41. The molecule has 1 aliphatic carbocycles. The zero-order valence-electron chi connectivity index (χ0n) is 14.6. The molecular weight excluding hydrogens is 348 g/mol. The number of carbonyl (C=O) groups is 3. The lowest BCUT2D eigenvalue weighted by molar-refractivity contribution is -0.122. The average Bonchev–Trinajstić information content (AvgIpc) is 3.17. The molecule has 1 aliphatic rings. The second-order valence-corrected chi connectivity index (χ2v) is 6.22. The number of carbonyl (C=O) groups excluding carboxylic acids is 3. The Morgan fingerprint density at radius 1 is 1.19 bits per heavy atom. The number of aromatic nitrogens is 1. The fraction of sp³-hybridized carbons (Fsp3) is 0.158. The lowest BCUT2D eigenvalue weighted by atomic mass is 9.68. The van der Waals surface area contributed by atoms with Gasteiger partial charge < -0.3 is 21.2 Å². The number of amides is 3. The number of allylic oxidation sites excluding steroid dienone is 2. The van der Waals surface area contributed by atoms with Crippen LogP contribution in [-0.4, -0.2) is 22.7 Å².